The van der Waals surface area contributed by atoms with Gasteiger partial charge in [-0.3, -0.25) is 4.98 Å². The third-order valence-electron chi connectivity index (χ3n) is 3.70. The first-order valence-corrected chi connectivity index (χ1v) is 7.35. The molecule has 1 fully saturated rings. The number of hydrogen-bond donors (Lipinski definition) is 1. The van der Waals surface area contributed by atoms with Gasteiger partial charge in [0.05, 0.1) is 6.04 Å². The van der Waals surface area contributed by atoms with Gasteiger partial charge in [0.25, 0.3) is 0 Å². The highest BCUT2D eigenvalue weighted by Gasteiger charge is 2.29. The molecular weight excluding hydrogens is 286 g/mol. The first-order valence-electron chi connectivity index (χ1n) is 6.97. The van der Waals surface area contributed by atoms with Crippen molar-refractivity contribution in [3.63, 3.8) is 0 Å². The first-order chi connectivity index (χ1) is 10.2. The maximum Gasteiger partial charge on any atom is 0.322 e. The van der Waals surface area contributed by atoms with Gasteiger partial charge in [-0.05, 0) is 54.8 Å². The molecule has 1 N–H and O–H groups in total. The van der Waals surface area contributed by atoms with Crippen LogP contribution in [0.4, 0.5) is 10.5 Å². The molecule has 3 rings (SSSR count). The summed E-state index contributed by atoms with van der Waals surface area (Å²) >= 11 is 5.85. The molecule has 1 saturated heterocycles. The van der Waals surface area contributed by atoms with E-state index in [0.29, 0.717) is 5.02 Å². The van der Waals surface area contributed by atoms with Crippen molar-refractivity contribution in [1.82, 2.24) is 9.88 Å². The van der Waals surface area contributed by atoms with Crippen molar-refractivity contribution in [2.45, 2.75) is 18.9 Å². The molecule has 21 heavy (non-hydrogen) atoms. The molecule has 2 aromatic rings. The lowest BCUT2D eigenvalue weighted by molar-refractivity contribution is 0.207. The van der Waals surface area contributed by atoms with Crippen molar-refractivity contribution >= 4 is 23.3 Å². The molecule has 1 atom stereocenters. The molecule has 1 aromatic heterocycles. The van der Waals surface area contributed by atoms with E-state index in [0.717, 1.165) is 30.6 Å². The van der Waals surface area contributed by atoms with E-state index in [1.54, 1.807) is 36.7 Å². The summed E-state index contributed by atoms with van der Waals surface area (Å²) in [6, 6.07) is 11.1. The zero-order chi connectivity index (χ0) is 14.7. The molecule has 0 saturated carbocycles. The van der Waals surface area contributed by atoms with Gasteiger partial charge in [-0.2, -0.15) is 0 Å². The molecule has 5 heteroatoms. The number of nitrogens with one attached hydrogen (secondary N) is 1. The number of halogens is 1. The van der Waals surface area contributed by atoms with Crippen molar-refractivity contribution in [2.24, 2.45) is 0 Å². The van der Waals surface area contributed by atoms with E-state index < -0.39 is 0 Å². The lowest BCUT2D eigenvalue weighted by Crippen LogP contribution is -2.34. The summed E-state index contributed by atoms with van der Waals surface area (Å²) in [5, 5.41) is 3.58. The van der Waals surface area contributed by atoms with Crippen molar-refractivity contribution in [2.75, 3.05) is 11.9 Å². The Morgan fingerprint density at radius 3 is 2.62 bits per heavy atom. The van der Waals surface area contributed by atoms with Crippen molar-refractivity contribution in [3.8, 4) is 0 Å². The summed E-state index contributed by atoms with van der Waals surface area (Å²) in [6.45, 7) is 0.770. The normalized spacial score (nSPS) is 17.8. The Balaban J connectivity index is 1.73. The molecule has 1 aromatic carbocycles. The second-order valence-electron chi connectivity index (χ2n) is 5.07. The van der Waals surface area contributed by atoms with Gasteiger partial charge in [0.1, 0.15) is 0 Å². The fourth-order valence-corrected chi connectivity index (χ4v) is 2.80. The Hall–Kier alpha value is -2.07. The second kappa shape index (κ2) is 6.14. The Kier molecular flexibility index (Phi) is 4.06. The summed E-state index contributed by atoms with van der Waals surface area (Å²) in [4.78, 5) is 18.4. The van der Waals surface area contributed by atoms with E-state index in [1.165, 1.54) is 0 Å². The van der Waals surface area contributed by atoms with E-state index in [-0.39, 0.29) is 12.1 Å². The van der Waals surface area contributed by atoms with Crippen LogP contribution in [0.25, 0.3) is 0 Å². The first kappa shape index (κ1) is 13.9. The molecule has 2 amide bonds. The number of likely N-dealkylation sites (tertiary alicyclic amines) is 1. The van der Waals surface area contributed by atoms with E-state index in [1.807, 2.05) is 17.0 Å². The molecule has 1 unspecified atom stereocenters. The Morgan fingerprint density at radius 2 is 1.90 bits per heavy atom. The lowest BCUT2D eigenvalue weighted by Gasteiger charge is -2.25. The van der Waals surface area contributed by atoms with Crippen LogP contribution in [-0.2, 0) is 0 Å². The summed E-state index contributed by atoms with van der Waals surface area (Å²) in [5.74, 6) is 0. The molecule has 0 aliphatic carbocycles. The number of hydrogen-bond acceptors (Lipinski definition) is 2. The summed E-state index contributed by atoms with van der Waals surface area (Å²) < 4.78 is 0. The van der Waals surface area contributed by atoms with Gasteiger partial charge < -0.3 is 10.2 Å². The Labute approximate surface area is 128 Å². The molecule has 0 bridgehead atoms. The number of nitrogens with zero attached hydrogens (tertiary/aromatic N) is 2. The van der Waals surface area contributed by atoms with E-state index in [9.17, 15) is 4.79 Å². The molecule has 108 valence electrons. The monoisotopic (exact) mass is 301 g/mol. The zero-order valence-corrected chi connectivity index (χ0v) is 12.3. The highest BCUT2D eigenvalue weighted by molar-refractivity contribution is 6.30. The minimum atomic E-state index is -0.0726. The van der Waals surface area contributed by atoms with Crippen LogP contribution in [0.5, 0.6) is 0 Å². The largest absolute Gasteiger partial charge is 0.322 e. The maximum absolute atomic E-state index is 12.4. The van der Waals surface area contributed by atoms with Crippen LogP contribution in [0, 0.1) is 0 Å². The van der Waals surface area contributed by atoms with Crippen molar-refractivity contribution in [3.05, 3.63) is 59.4 Å². The summed E-state index contributed by atoms with van der Waals surface area (Å²) in [5.41, 5.74) is 1.89. The third kappa shape index (κ3) is 3.16. The fraction of sp³-hybridized carbons (Fsp3) is 0.250. The molecule has 0 spiro atoms. The van der Waals surface area contributed by atoms with Crippen LogP contribution in [0.3, 0.4) is 0 Å². The van der Waals surface area contributed by atoms with Gasteiger partial charge in [-0.1, -0.05) is 11.6 Å². The SMILES string of the molecule is O=C(Nc1ccc(Cl)cc1)N1CCCC1c1ccncc1. The van der Waals surface area contributed by atoms with E-state index >= 15 is 0 Å². The number of amides is 2. The van der Waals surface area contributed by atoms with Crippen LogP contribution in [0.2, 0.25) is 5.02 Å². The average Bonchev–Trinajstić information content (AvgIpc) is 3.00. The van der Waals surface area contributed by atoms with Crippen LogP contribution in [0.15, 0.2) is 48.8 Å². The number of aromatic nitrogens is 1. The number of carbonyl (C=O) groups excluding carboxylic acids is 1. The predicted molar refractivity (Wildman–Crippen MR) is 83.4 cm³/mol. The number of pyridine rings is 1. The minimum absolute atomic E-state index is 0.0726. The number of benzene rings is 1. The van der Waals surface area contributed by atoms with E-state index in [2.05, 4.69) is 10.3 Å². The molecule has 2 heterocycles. The third-order valence-corrected chi connectivity index (χ3v) is 3.95. The van der Waals surface area contributed by atoms with Gasteiger partial charge in [-0.15, -0.1) is 0 Å². The number of urea groups is 1. The van der Waals surface area contributed by atoms with Crippen LogP contribution < -0.4 is 5.32 Å². The van der Waals surface area contributed by atoms with Crippen LogP contribution in [-0.4, -0.2) is 22.5 Å². The highest BCUT2D eigenvalue weighted by atomic mass is 35.5. The smallest absolute Gasteiger partial charge is 0.317 e. The highest BCUT2D eigenvalue weighted by Crippen LogP contribution is 2.32. The van der Waals surface area contributed by atoms with Gasteiger partial charge in [-0.25, -0.2) is 4.79 Å². The van der Waals surface area contributed by atoms with Crippen LogP contribution >= 0.6 is 11.6 Å². The standard InChI is InChI=1S/C16H16ClN3O/c17-13-3-5-14(6-4-13)19-16(21)20-11-1-2-15(20)12-7-9-18-10-8-12/h3-10,15H,1-2,11H2,(H,19,21). The quantitative estimate of drug-likeness (QED) is 0.907. The molecular formula is C16H16ClN3O. The summed E-state index contributed by atoms with van der Waals surface area (Å²) in [6.07, 6.45) is 5.53. The molecule has 0 radical (unpaired) electrons. The average molecular weight is 302 g/mol. The number of anilines is 1. The van der Waals surface area contributed by atoms with Gasteiger partial charge in [0.2, 0.25) is 0 Å². The molecule has 4 nitrogen and oxygen atoms in total. The van der Waals surface area contributed by atoms with Crippen molar-refractivity contribution in [1.29, 1.82) is 0 Å². The maximum atomic E-state index is 12.4. The van der Waals surface area contributed by atoms with Gasteiger partial charge >= 0.3 is 6.03 Å². The molecule has 1 aliphatic rings. The Morgan fingerprint density at radius 1 is 1.19 bits per heavy atom. The summed E-state index contributed by atoms with van der Waals surface area (Å²) in [7, 11) is 0. The van der Waals surface area contributed by atoms with E-state index in [4.69, 9.17) is 11.6 Å². The molecule has 1 aliphatic heterocycles. The fourth-order valence-electron chi connectivity index (χ4n) is 2.67. The van der Waals surface area contributed by atoms with Crippen LogP contribution in [0.1, 0.15) is 24.4 Å². The second-order valence-corrected chi connectivity index (χ2v) is 5.51. The van der Waals surface area contributed by atoms with Gasteiger partial charge in [0, 0.05) is 29.6 Å². The van der Waals surface area contributed by atoms with Gasteiger partial charge in [0.15, 0.2) is 0 Å². The zero-order valence-electron chi connectivity index (χ0n) is 11.5. The number of carbonyl (C=O) groups is 1. The predicted octanol–water partition coefficient (Wildman–Crippen LogP) is 4.10. The Bertz CT molecular complexity index is 615. The number of rotatable bonds is 2. The minimum Gasteiger partial charge on any atom is -0.317 e. The topological polar surface area (TPSA) is 45.2 Å². The van der Waals surface area contributed by atoms with Crippen molar-refractivity contribution < 1.29 is 4.79 Å². The lowest BCUT2D eigenvalue weighted by atomic mass is 10.1.